The molecular formula is C25H31N3O2. The van der Waals surface area contributed by atoms with E-state index < -0.39 is 0 Å². The monoisotopic (exact) mass is 405 g/mol. The summed E-state index contributed by atoms with van der Waals surface area (Å²) in [4.78, 5) is 31.2. The molecule has 0 N–H and O–H groups in total. The Kier molecular flexibility index (Phi) is 6.48. The van der Waals surface area contributed by atoms with Crippen molar-refractivity contribution in [3.05, 3.63) is 65.2 Å². The molecule has 0 unspecified atom stereocenters. The highest BCUT2D eigenvalue weighted by atomic mass is 16.2. The van der Waals surface area contributed by atoms with Crippen LogP contribution in [0.15, 0.2) is 48.5 Å². The van der Waals surface area contributed by atoms with Gasteiger partial charge in [0.2, 0.25) is 0 Å². The molecule has 0 saturated carbocycles. The van der Waals surface area contributed by atoms with Gasteiger partial charge in [0, 0.05) is 38.4 Å². The second-order valence-corrected chi connectivity index (χ2v) is 8.39. The lowest BCUT2D eigenvalue weighted by Crippen LogP contribution is -2.46. The molecule has 5 heteroatoms. The van der Waals surface area contributed by atoms with Gasteiger partial charge >= 0.3 is 0 Å². The second kappa shape index (κ2) is 9.43. The van der Waals surface area contributed by atoms with Gasteiger partial charge in [-0.3, -0.25) is 19.4 Å². The van der Waals surface area contributed by atoms with Crippen LogP contribution < -0.4 is 4.90 Å². The van der Waals surface area contributed by atoms with Crippen LogP contribution in [-0.4, -0.2) is 60.9 Å². The lowest BCUT2D eigenvalue weighted by Gasteiger charge is -2.36. The highest BCUT2D eigenvalue weighted by molar-refractivity contribution is 6.21. The number of fused-ring (bicyclic) bond motifs is 1. The molecule has 0 bridgehead atoms. The first-order valence-corrected chi connectivity index (χ1v) is 11.1. The zero-order chi connectivity index (χ0) is 20.9. The molecule has 4 rings (SSSR count). The number of aryl methyl sites for hydroxylation is 1. The zero-order valence-electron chi connectivity index (χ0n) is 17.8. The van der Waals surface area contributed by atoms with Gasteiger partial charge in [-0.05, 0) is 56.1 Å². The average Bonchev–Trinajstić information content (AvgIpc) is 3.01. The summed E-state index contributed by atoms with van der Waals surface area (Å²) in [5.41, 5.74) is 3.75. The fourth-order valence-corrected chi connectivity index (χ4v) is 4.46. The quantitative estimate of drug-likeness (QED) is 0.492. The minimum Gasteiger partial charge on any atom is -0.369 e. The first-order valence-electron chi connectivity index (χ1n) is 11.1. The van der Waals surface area contributed by atoms with Crippen molar-refractivity contribution in [1.82, 2.24) is 9.80 Å². The maximum atomic E-state index is 12.4. The summed E-state index contributed by atoms with van der Waals surface area (Å²) in [6.07, 6.45) is 4.25. The molecule has 1 saturated heterocycles. The Hall–Kier alpha value is -2.66. The summed E-state index contributed by atoms with van der Waals surface area (Å²) in [6, 6.07) is 15.9. The molecule has 2 aliphatic heterocycles. The Morgan fingerprint density at radius 2 is 1.37 bits per heavy atom. The molecule has 30 heavy (non-hydrogen) atoms. The summed E-state index contributed by atoms with van der Waals surface area (Å²) < 4.78 is 0. The third-order valence-corrected chi connectivity index (χ3v) is 6.22. The van der Waals surface area contributed by atoms with Gasteiger partial charge < -0.3 is 4.90 Å². The third-order valence-electron chi connectivity index (χ3n) is 6.22. The SMILES string of the molecule is Cc1cccc(N2CCN(CCCCCCN3C(=O)c4ccccc4C3=O)CC2)c1. The van der Waals surface area contributed by atoms with E-state index >= 15 is 0 Å². The fraction of sp³-hybridized carbons (Fsp3) is 0.440. The number of rotatable bonds is 8. The highest BCUT2D eigenvalue weighted by Crippen LogP contribution is 2.23. The minimum absolute atomic E-state index is 0.137. The minimum atomic E-state index is -0.137. The number of imide groups is 1. The molecule has 2 aromatic rings. The van der Waals surface area contributed by atoms with Crippen molar-refractivity contribution in [2.75, 3.05) is 44.2 Å². The van der Waals surface area contributed by atoms with Crippen LogP contribution >= 0.6 is 0 Å². The number of benzene rings is 2. The fourth-order valence-electron chi connectivity index (χ4n) is 4.46. The Labute approximate surface area is 179 Å². The number of unbranched alkanes of at least 4 members (excludes halogenated alkanes) is 3. The number of carbonyl (C=O) groups is 2. The molecule has 0 aromatic heterocycles. The molecule has 0 radical (unpaired) electrons. The number of nitrogens with zero attached hydrogens (tertiary/aromatic N) is 3. The van der Waals surface area contributed by atoms with E-state index in [9.17, 15) is 9.59 Å². The average molecular weight is 406 g/mol. The summed E-state index contributed by atoms with van der Waals surface area (Å²) in [5.74, 6) is -0.274. The van der Waals surface area contributed by atoms with Crippen LogP contribution in [0.5, 0.6) is 0 Å². The summed E-state index contributed by atoms with van der Waals surface area (Å²) in [6.45, 7) is 8.21. The molecule has 2 amide bonds. The number of amides is 2. The van der Waals surface area contributed by atoms with Crippen molar-refractivity contribution in [3.63, 3.8) is 0 Å². The predicted octanol–water partition coefficient (Wildman–Crippen LogP) is 3.97. The van der Waals surface area contributed by atoms with Crippen molar-refractivity contribution in [2.45, 2.75) is 32.6 Å². The maximum absolute atomic E-state index is 12.4. The van der Waals surface area contributed by atoms with E-state index in [4.69, 9.17) is 0 Å². The third kappa shape index (κ3) is 4.57. The number of carbonyl (C=O) groups excluding carboxylic acids is 2. The molecule has 0 aliphatic carbocycles. The molecule has 0 spiro atoms. The topological polar surface area (TPSA) is 43.9 Å². The summed E-state index contributed by atoms with van der Waals surface area (Å²) in [5, 5.41) is 0. The Balaban J connectivity index is 1.11. The van der Waals surface area contributed by atoms with Gasteiger partial charge in [-0.15, -0.1) is 0 Å². The van der Waals surface area contributed by atoms with Gasteiger partial charge in [-0.2, -0.15) is 0 Å². The lowest BCUT2D eigenvalue weighted by atomic mass is 10.1. The van der Waals surface area contributed by atoms with E-state index in [1.807, 2.05) is 12.1 Å². The van der Waals surface area contributed by atoms with Gasteiger partial charge in [0.05, 0.1) is 11.1 Å². The van der Waals surface area contributed by atoms with E-state index in [2.05, 4.69) is 41.0 Å². The van der Waals surface area contributed by atoms with E-state index in [-0.39, 0.29) is 11.8 Å². The summed E-state index contributed by atoms with van der Waals surface area (Å²) in [7, 11) is 0. The largest absolute Gasteiger partial charge is 0.369 e. The second-order valence-electron chi connectivity index (χ2n) is 8.39. The van der Waals surface area contributed by atoms with Crippen molar-refractivity contribution >= 4 is 17.5 Å². The van der Waals surface area contributed by atoms with Crippen molar-refractivity contribution in [3.8, 4) is 0 Å². The van der Waals surface area contributed by atoms with Crippen LogP contribution in [0.1, 0.15) is 52.0 Å². The van der Waals surface area contributed by atoms with Crippen LogP contribution in [0.4, 0.5) is 5.69 Å². The molecule has 5 nitrogen and oxygen atoms in total. The molecule has 2 aromatic carbocycles. The molecule has 2 heterocycles. The predicted molar refractivity (Wildman–Crippen MR) is 120 cm³/mol. The zero-order valence-corrected chi connectivity index (χ0v) is 17.8. The first-order chi connectivity index (χ1) is 14.6. The molecule has 2 aliphatic rings. The van der Waals surface area contributed by atoms with Gasteiger partial charge in [-0.1, -0.05) is 37.1 Å². The van der Waals surface area contributed by atoms with Gasteiger partial charge in [0.1, 0.15) is 0 Å². The van der Waals surface area contributed by atoms with Crippen molar-refractivity contribution < 1.29 is 9.59 Å². The van der Waals surface area contributed by atoms with Gasteiger partial charge in [0.15, 0.2) is 0 Å². The molecule has 1 fully saturated rings. The lowest BCUT2D eigenvalue weighted by molar-refractivity contribution is 0.0651. The van der Waals surface area contributed by atoms with Gasteiger partial charge in [0.25, 0.3) is 11.8 Å². The van der Waals surface area contributed by atoms with Crippen molar-refractivity contribution in [1.29, 1.82) is 0 Å². The Morgan fingerprint density at radius 1 is 0.733 bits per heavy atom. The molecule has 158 valence electrons. The Morgan fingerprint density at radius 3 is 2.00 bits per heavy atom. The standard InChI is InChI=1S/C25H31N3O2/c1-20-9-8-10-21(19-20)27-17-15-26(16-18-27)13-6-2-3-7-14-28-24(29)22-11-4-5-12-23(22)25(28)30/h4-5,8-12,19H,2-3,6-7,13-18H2,1H3. The molecular weight excluding hydrogens is 374 g/mol. The van der Waals surface area contributed by atoms with Crippen molar-refractivity contribution in [2.24, 2.45) is 0 Å². The normalized spacial score (nSPS) is 17.0. The van der Waals surface area contributed by atoms with E-state index in [0.717, 1.165) is 52.0 Å². The number of hydrogen-bond acceptors (Lipinski definition) is 4. The van der Waals surface area contributed by atoms with Crippen LogP contribution in [0.2, 0.25) is 0 Å². The van der Waals surface area contributed by atoms with E-state index in [1.165, 1.54) is 22.6 Å². The number of piperazine rings is 1. The first kappa shape index (κ1) is 20.6. The van der Waals surface area contributed by atoms with Crippen LogP contribution in [0.25, 0.3) is 0 Å². The van der Waals surface area contributed by atoms with Gasteiger partial charge in [-0.25, -0.2) is 0 Å². The van der Waals surface area contributed by atoms with E-state index in [1.54, 1.807) is 12.1 Å². The van der Waals surface area contributed by atoms with Crippen LogP contribution in [-0.2, 0) is 0 Å². The van der Waals surface area contributed by atoms with E-state index in [0.29, 0.717) is 17.7 Å². The maximum Gasteiger partial charge on any atom is 0.261 e. The summed E-state index contributed by atoms with van der Waals surface area (Å²) >= 11 is 0. The Bertz CT molecular complexity index is 868. The number of hydrogen-bond donors (Lipinski definition) is 0. The van der Waals surface area contributed by atoms with Crippen LogP contribution in [0.3, 0.4) is 0 Å². The van der Waals surface area contributed by atoms with Crippen LogP contribution in [0, 0.1) is 6.92 Å². The molecule has 0 atom stereocenters. The number of anilines is 1. The highest BCUT2D eigenvalue weighted by Gasteiger charge is 2.34. The smallest absolute Gasteiger partial charge is 0.261 e.